The number of carbonyl (C=O) groups is 1. The Morgan fingerprint density at radius 3 is 2.92 bits per heavy atom. The third-order valence-corrected chi connectivity index (χ3v) is 1.77. The lowest BCUT2D eigenvalue weighted by Crippen LogP contribution is -1.80. The molecule has 1 N–H and O–H groups in total. The average molecular weight is 162 g/mol. The minimum atomic E-state index is -0.0149. The number of aldehydes is 1. The van der Waals surface area contributed by atoms with Gasteiger partial charge in [0.25, 0.3) is 0 Å². The molecule has 0 spiro atoms. The molecular weight excluding hydrogens is 156 g/mol. The van der Waals surface area contributed by atoms with E-state index in [1.54, 1.807) is 12.1 Å². The van der Waals surface area contributed by atoms with Crippen molar-refractivity contribution >= 4 is 17.3 Å². The van der Waals surface area contributed by atoms with E-state index in [0.717, 1.165) is 0 Å². The van der Waals surface area contributed by atoms with Crippen LogP contribution in [0.5, 0.6) is 5.75 Å². The van der Waals surface area contributed by atoms with Crippen molar-refractivity contribution in [2.45, 2.75) is 0 Å². The van der Waals surface area contributed by atoms with Crippen molar-refractivity contribution in [3.8, 4) is 5.75 Å². The smallest absolute Gasteiger partial charge is 0.154 e. The van der Waals surface area contributed by atoms with Crippen LogP contribution in [0.4, 0.5) is 0 Å². The third-order valence-electron chi connectivity index (χ3n) is 1.77. The first-order chi connectivity index (χ1) is 5.83. The van der Waals surface area contributed by atoms with Crippen LogP contribution in [0.1, 0.15) is 10.4 Å². The molecule has 60 valence electrons. The summed E-state index contributed by atoms with van der Waals surface area (Å²) in [5.74, 6) is -0.0149. The maximum Gasteiger partial charge on any atom is 0.154 e. The molecule has 0 aliphatic heterocycles. The Kier molecular flexibility index (Phi) is 1.37. The lowest BCUT2D eigenvalue weighted by atomic mass is 10.1. The quantitative estimate of drug-likeness (QED) is 0.652. The van der Waals surface area contributed by atoms with E-state index >= 15 is 0 Å². The second kappa shape index (κ2) is 2.37. The van der Waals surface area contributed by atoms with Crippen molar-refractivity contribution in [2.24, 2.45) is 0 Å². The summed E-state index contributed by atoms with van der Waals surface area (Å²) in [6.45, 7) is 0. The number of furan rings is 1. The number of benzene rings is 1. The van der Waals surface area contributed by atoms with Gasteiger partial charge in [-0.1, -0.05) is 0 Å². The van der Waals surface area contributed by atoms with Crippen LogP contribution in [0, 0.1) is 0 Å². The summed E-state index contributed by atoms with van der Waals surface area (Å²) in [4.78, 5) is 10.5. The normalized spacial score (nSPS) is 10.3. The number of carbonyl (C=O) groups excluding carboxylic acids is 1. The van der Waals surface area contributed by atoms with Gasteiger partial charge >= 0.3 is 0 Å². The van der Waals surface area contributed by atoms with E-state index in [0.29, 0.717) is 17.3 Å². The van der Waals surface area contributed by atoms with Gasteiger partial charge in [0, 0.05) is 5.39 Å². The molecule has 3 nitrogen and oxygen atoms in total. The fraction of sp³-hybridized carbons (Fsp3) is 0. The molecule has 0 unspecified atom stereocenters. The van der Waals surface area contributed by atoms with E-state index in [2.05, 4.69) is 0 Å². The van der Waals surface area contributed by atoms with E-state index in [-0.39, 0.29) is 11.3 Å². The van der Waals surface area contributed by atoms with E-state index in [4.69, 9.17) is 4.42 Å². The largest absolute Gasteiger partial charge is 0.507 e. The molecule has 2 aromatic rings. The number of hydrogen-bond acceptors (Lipinski definition) is 3. The molecule has 0 fully saturated rings. The number of aromatic hydroxyl groups is 1. The van der Waals surface area contributed by atoms with E-state index < -0.39 is 0 Å². The monoisotopic (exact) mass is 162 g/mol. The van der Waals surface area contributed by atoms with Gasteiger partial charge in [-0.3, -0.25) is 4.79 Å². The van der Waals surface area contributed by atoms with Gasteiger partial charge in [0.05, 0.1) is 11.8 Å². The Morgan fingerprint density at radius 1 is 1.33 bits per heavy atom. The molecule has 0 amide bonds. The van der Waals surface area contributed by atoms with Crippen LogP contribution in [0.25, 0.3) is 11.0 Å². The topological polar surface area (TPSA) is 50.4 Å². The second-order valence-corrected chi connectivity index (χ2v) is 2.45. The van der Waals surface area contributed by atoms with Gasteiger partial charge in [0.15, 0.2) is 6.29 Å². The first-order valence-corrected chi connectivity index (χ1v) is 3.47. The summed E-state index contributed by atoms with van der Waals surface area (Å²) in [6, 6.07) is 4.71. The zero-order chi connectivity index (χ0) is 8.55. The van der Waals surface area contributed by atoms with Crippen molar-refractivity contribution in [3.63, 3.8) is 0 Å². The summed E-state index contributed by atoms with van der Waals surface area (Å²) in [5, 5.41) is 9.90. The fourth-order valence-electron chi connectivity index (χ4n) is 1.18. The number of fused-ring (bicyclic) bond motifs is 1. The average Bonchev–Trinajstić information content (AvgIpc) is 2.52. The molecule has 0 bridgehead atoms. The number of rotatable bonds is 1. The number of hydrogen-bond donors (Lipinski definition) is 1. The van der Waals surface area contributed by atoms with E-state index in [1.807, 2.05) is 0 Å². The van der Waals surface area contributed by atoms with Crippen molar-refractivity contribution in [3.05, 3.63) is 30.0 Å². The lowest BCUT2D eigenvalue weighted by molar-refractivity contribution is 0.112. The highest BCUT2D eigenvalue weighted by Gasteiger charge is 2.06. The molecule has 0 atom stereocenters. The minimum Gasteiger partial charge on any atom is -0.507 e. The van der Waals surface area contributed by atoms with Crippen LogP contribution in [-0.4, -0.2) is 11.4 Å². The van der Waals surface area contributed by atoms with Gasteiger partial charge in [-0.15, -0.1) is 0 Å². The van der Waals surface area contributed by atoms with Gasteiger partial charge in [0.1, 0.15) is 11.3 Å². The summed E-state index contributed by atoms with van der Waals surface area (Å²) in [7, 11) is 0. The van der Waals surface area contributed by atoms with Crippen LogP contribution < -0.4 is 0 Å². The molecule has 2 rings (SSSR count). The standard InChI is InChI=1S/C9H6O3/c10-5-7-6-3-4-12-9(6)2-1-8(7)11/h1-5,11H. The molecule has 12 heavy (non-hydrogen) atoms. The highest BCUT2D eigenvalue weighted by atomic mass is 16.3. The minimum absolute atomic E-state index is 0.0149. The fourth-order valence-corrected chi connectivity index (χ4v) is 1.18. The number of phenolic OH excluding ortho intramolecular Hbond substituents is 1. The summed E-state index contributed by atoms with van der Waals surface area (Å²) >= 11 is 0. The summed E-state index contributed by atoms with van der Waals surface area (Å²) < 4.78 is 5.05. The second-order valence-electron chi connectivity index (χ2n) is 2.45. The van der Waals surface area contributed by atoms with Crippen LogP contribution >= 0.6 is 0 Å². The predicted molar refractivity (Wildman–Crippen MR) is 43.3 cm³/mol. The third kappa shape index (κ3) is 0.797. The molecular formula is C9H6O3. The van der Waals surface area contributed by atoms with Gasteiger partial charge < -0.3 is 9.52 Å². The van der Waals surface area contributed by atoms with Crippen molar-refractivity contribution in [1.29, 1.82) is 0 Å². The zero-order valence-corrected chi connectivity index (χ0v) is 6.15. The molecule has 1 aromatic heterocycles. The molecule has 0 aliphatic rings. The van der Waals surface area contributed by atoms with Gasteiger partial charge in [-0.05, 0) is 18.2 Å². The predicted octanol–water partition coefficient (Wildman–Crippen LogP) is 1.95. The molecule has 0 saturated heterocycles. The zero-order valence-electron chi connectivity index (χ0n) is 6.15. The highest BCUT2D eigenvalue weighted by molar-refractivity contribution is 5.98. The van der Waals surface area contributed by atoms with Crippen molar-refractivity contribution in [2.75, 3.05) is 0 Å². The highest BCUT2D eigenvalue weighted by Crippen LogP contribution is 2.25. The van der Waals surface area contributed by atoms with E-state index in [9.17, 15) is 9.90 Å². The van der Waals surface area contributed by atoms with Crippen LogP contribution in [-0.2, 0) is 0 Å². The maximum absolute atomic E-state index is 10.5. The molecule has 3 heteroatoms. The van der Waals surface area contributed by atoms with Crippen molar-refractivity contribution < 1.29 is 14.3 Å². The molecule has 1 aromatic carbocycles. The Hall–Kier alpha value is -1.77. The van der Waals surface area contributed by atoms with Gasteiger partial charge in [-0.2, -0.15) is 0 Å². The Balaban J connectivity index is 2.91. The molecule has 0 saturated carbocycles. The molecule has 1 heterocycles. The first-order valence-electron chi connectivity index (χ1n) is 3.47. The van der Waals surface area contributed by atoms with E-state index in [1.165, 1.54) is 12.3 Å². The lowest BCUT2D eigenvalue weighted by Gasteiger charge is -1.96. The van der Waals surface area contributed by atoms with Gasteiger partial charge in [-0.25, -0.2) is 0 Å². The Morgan fingerprint density at radius 2 is 2.17 bits per heavy atom. The van der Waals surface area contributed by atoms with Crippen LogP contribution in [0.15, 0.2) is 28.9 Å². The number of phenols is 1. The van der Waals surface area contributed by atoms with Crippen molar-refractivity contribution in [1.82, 2.24) is 0 Å². The van der Waals surface area contributed by atoms with Gasteiger partial charge in [0.2, 0.25) is 0 Å². The Bertz CT molecular complexity index is 428. The maximum atomic E-state index is 10.5. The molecule has 0 radical (unpaired) electrons. The first kappa shape index (κ1) is 6.91. The molecule has 0 aliphatic carbocycles. The summed E-state index contributed by atoms with van der Waals surface area (Å²) in [6.07, 6.45) is 2.10. The van der Waals surface area contributed by atoms with Crippen LogP contribution in [0.2, 0.25) is 0 Å². The summed E-state index contributed by atoms with van der Waals surface area (Å²) in [5.41, 5.74) is 0.885. The SMILES string of the molecule is O=Cc1c(O)ccc2occc12. The van der Waals surface area contributed by atoms with Crippen LogP contribution in [0.3, 0.4) is 0 Å². The Labute approximate surface area is 68.2 Å².